The number of rotatable bonds is 13. The Morgan fingerprint density at radius 3 is 2.48 bits per heavy atom. The first-order valence-corrected chi connectivity index (χ1v) is 11.1. The van der Waals surface area contributed by atoms with Crippen molar-refractivity contribution in [3.05, 3.63) is 5.82 Å². The van der Waals surface area contributed by atoms with E-state index in [1.165, 1.54) is 6.42 Å². The van der Waals surface area contributed by atoms with E-state index in [1.807, 2.05) is 25.5 Å². The summed E-state index contributed by atoms with van der Waals surface area (Å²) in [4.78, 5) is 11.7. The van der Waals surface area contributed by atoms with Crippen LogP contribution in [0.15, 0.2) is 0 Å². The fourth-order valence-electron chi connectivity index (χ4n) is 3.30. The Labute approximate surface area is 176 Å². The number of carbonyl (C=O) groups excluding carboxylic acids is 1. The fourth-order valence-corrected chi connectivity index (χ4v) is 3.30. The zero-order valence-electron chi connectivity index (χ0n) is 19.5. The summed E-state index contributed by atoms with van der Waals surface area (Å²) in [5.41, 5.74) is -0.707. The highest BCUT2D eigenvalue weighted by molar-refractivity contribution is 5.67. The Bertz CT molecular complexity index is 596. The second-order valence-corrected chi connectivity index (χ2v) is 9.41. The van der Waals surface area contributed by atoms with Gasteiger partial charge in [-0.1, -0.05) is 27.2 Å². The van der Waals surface area contributed by atoms with Crippen molar-refractivity contribution in [2.75, 3.05) is 13.1 Å². The molecule has 0 aromatic carbocycles. The summed E-state index contributed by atoms with van der Waals surface area (Å²) in [6.07, 6.45) is 5.74. The molecule has 8 heteroatoms. The monoisotopic (exact) mass is 410 g/mol. The van der Waals surface area contributed by atoms with Crippen molar-refractivity contribution in [1.82, 2.24) is 30.8 Å². The summed E-state index contributed by atoms with van der Waals surface area (Å²) in [5.74, 6) is 1.61. The molecule has 1 heterocycles. The van der Waals surface area contributed by atoms with Gasteiger partial charge in [-0.3, -0.25) is 0 Å². The highest BCUT2D eigenvalue weighted by Crippen LogP contribution is 2.24. The number of ether oxygens (including phenoxy) is 1. The van der Waals surface area contributed by atoms with Crippen molar-refractivity contribution >= 4 is 6.09 Å². The van der Waals surface area contributed by atoms with Gasteiger partial charge >= 0.3 is 6.09 Å². The van der Waals surface area contributed by atoms with Crippen molar-refractivity contribution < 1.29 is 9.53 Å². The first-order valence-electron chi connectivity index (χ1n) is 11.1. The van der Waals surface area contributed by atoms with E-state index in [0.717, 1.165) is 51.0 Å². The number of carbonyl (C=O) groups is 1. The standard InChI is InChI=1S/C21H42N6O2/c1-8-13-21(7,23-15-11-12-17(2)3)18-24-25-26-27(18)16-10-9-14-22-19(28)29-20(4,5)6/h17,23H,8-16H2,1-7H3,(H,22,28). The lowest BCUT2D eigenvalue weighted by atomic mass is 9.94. The summed E-state index contributed by atoms with van der Waals surface area (Å²) < 4.78 is 7.15. The van der Waals surface area contributed by atoms with Gasteiger partial charge in [-0.05, 0) is 82.7 Å². The van der Waals surface area contributed by atoms with Gasteiger partial charge in [-0.15, -0.1) is 5.10 Å². The molecule has 0 radical (unpaired) electrons. The smallest absolute Gasteiger partial charge is 0.407 e. The number of alkyl carbamates (subject to hydrolysis) is 1. The maximum atomic E-state index is 11.7. The molecule has 2 N–H and O–H groups in total. The Hall–Kier alpha value is -1.70. The van der Waals surface area contributed by atoms with Crippen molar-refractivity contribution in [2.45, 2.75) is 105 Å². The van der Waals surface area contributed by atoms with Crippen molar-refractivity contribution in [3.63, 3.8) is 0 Å². The van der Waals surface area contributed by atoms with Crippen LogP contribution >= 0.6 is 0 Å². The first-order chi connectivity index (χ1) is 13.6. The minimum atomic E-state index is -0.475. The Morgan fingerprint density at radius 2 is 1.86 bits per heavy atom. The van der Waals surface area contributed by atoms with Gasteiger partial charge in [0.05, 0.1) is 5.54 Å². The SMILES string of the molecule is CCCC(C)(NCCCC(C)C)c1nnnn1CCCCNC(=O)OC(C)(C)C. The van der Waals surface area contributed by atoms with Crippen LogP contribution in [0, 0.1) is 5.92 Å². The van der Waals surface area contributed by atoms with Crippen LogP contribution in [0.4, 0.5) is 4.79 Å². The lowest BCUT2D eigenvalue weighted by Gasteiger charge is -2.29. The van der Waals surface area contributed by atoms with E-state index in [4.69, 9.17) is 4.74 Å². The number of hydrogen-bond acceptors (Lipinski definition) is 6. The minimum Gasteiger partial charge on any atom is -0.444 e. The Morgan fingerprint density at radius 1 is 1.14 bits per heavy atom. The molecule has 29 heavy (non-hydrogen) atoms. The van der Waals surface area contributed by atoms with Crippen LogP contribution in [-0.4, -0.2) is 45.0 Å². The number of nitrogens with one attached hydrogen (secondary N) is 2. The van der Waals surface area contributed by atoms with E-state index in [1.54, 1.807) is 0 Å². The number of nitrogens with zero attached hydrogens (tertiary/aromatic N) is 4. The molecule has 1 unspecified atom stereocenters. The fraction of sp³-hybridized carbons (Fsp3) is 0.905. The molecule has 1 aromatic heterocycles. The predicted octanol–water partition coefficient (Wildman–Crippen LogP) is 4.02. The second kappa shape index (κ2) is 12.1. The summed E-state index contributed by atoms with van der Waals surface area (Å²) in [6.45, 7) is 16.7. The van der Waals surface area contributed by atoms with Gasteiger partial charge in [0.1, 0.15) is 5.60 Å². The van der Waals surface area contributed by atoms with Crippen LogP contribution < -0.4 is 10.6 Å². The Kier molecular flexibility index (Phi) is 10.6. The summed E-state index contributed by atoms with van der Waals surface area (Å²) in [5, 5.41) is 19.0. The summed E-state index contributed by atoms with van der Waals surface area (Å²) >= 11 is 0. The van der Waals surface area contributed by atoms with Crippen LogP contribution in [0.3, 0.4) is 0 Å². The average molecular weight is 411 g/mol. The molecule has 8 nitrogen and oxygen atoms in total. The van der Waals surface area contributed by atoms with Gasteiger partial charge in [0.2, 0.25) is 0 Å². The number of tetrazole rings is 1. The molecule has 0 saturated carbocycles. The van der Waals surface area contributed by atoms with Gasteiger partial charge in [-0.2, -0.15) is 0 Å². The van der Waals surface area contributed by atoms with Gasteiger partial charge in [0, 0.05) is 13.1 Å². The van der Waals surface area contributed by atoms with Gasteiger partial charge < -0.3 is 15.4 Å². The number of aryl methyl sites for hydroxylation is 1. The molecule has 0 spiro atoms. The van der Waals surface area contributed by atoms with Crippen LogP contribution in [0.1, 0.15) is 92.8 Å². The lowest BCUT2D eigenvalue weighted by Crippen LogP contribution is -2.42. The zero-order chi connectivity index (χ0) is 21.9. The van der Waals surface area contributed by atoms with E-state index < -0.39 is 5.60 Å². The zero-order valence-corrected chi connectivity index (χ0v) is 19.5. The van der Waals surface area contributed by atoms with E-state index >= 15 is 0 Å². The van der Waals surface area contributed by atoms with Gasteiger partial charge in [0.25, 0.3) is 0 Å². The molecule has 1 rings (SSSR count). The molecule has 0 fully saturated rings. The average Bonchev–Trinajstić information content (AvgIpc) is 3.06. The van der Waals surface area contributed by atoms with Crippen LogP contribution in [0.5, 0.6) is 0 Å². The molecular weight excluding hydrogens is 368 g/mol. The molecule has 0 saturated heterocycles. The van der Waals surface area contributed by atoms with Crippen LogP contribution in [-0.2, 0) is 16.8 Å². The number of unbranched alkanes of at least 4 members (excludes halogenated alkanes) is 1. The molecule has 168 valence electrons. The molecule has 1 aromatic rings. The second-order valence-electron chi connectivity index (χ2n) is 9.41. The molecule has 0 aliphatic rings. The third-order valence-corrected chi connectivity index (χ3v) is 4.71. The van der Waals surface area contributed by atoms with Crippen molar-refractivity contribution in [3.8, 4) is 0 Å². The van der Waals surface area contributed by atoms with E-state index in [9.17, 15) is 4.79 Å². The van der Waals surface area contributed by atoms with Crippen LogP contribution in [0.2, 0.25) is 0 Å². The predicted molar refractivity (Wildman–Crippen MR) is 116 cm³/mol. The van der Waals surface area contributed by atoms with E-state index in [2.05, 4.69) is 53.9 Å². The van der Waals surface area contributed by atoms with Gasteiger partial charge in [0.15, 0.2) is 5.82 Å². The highest BCUT2D eigenvalue weighted by Gasteiger charge is 2.31. The van der Waals surface area contributed by atoms with Crippen LogP contribution in [0.25, 0.3) is 0 Å². The molecule has 0 bridgehead atoms. The normalized spacial score (nSPS) is 14.1. The molecule has 0 aliphatic heterocycles. The van der Waals surface area contributed by atoms with Gasteiger partial charge in [-0.25, -0.2) is 9.48 Å². The molecule has 0 aliphatic carbocycles. The van der Waals surface area contributed by atoms with E-state index in [0.29, 0.717) is 12.5 Å². The highest BCUT2D eigenvalue weighted by atomic mass is 16.6. The third kappa shape index (κ3) is 10.1. The Balaban J connectivity index is 2.52. The summed E-state index contributed by atoms with van der Waals surface area (Å²) in [6, 6.07) is 0. The maximum Gasteiger partial charge on any atom is 0.407 e. The minimum absolute atomic E-state index is 0.232. The summed E-state index contributed by atoms with van der Waals surface area (Å²) in [7, 11) is 0. The van der Waals surface area contributed by atoms with Crippen molar-refractivity contribution in [1.29, 1.82) is 0 Å². The molecular formula is C21H42N6O2. The maximum absolute atomic E-state index is 11.7. The third-order valence-electron chi connectivity index (χ3n) is 4.71. The van der Waals surface area contributed by atoms with E-state index in [-0.39, 0.29) is 11.6 Å². The lowest BCUT2D eigenvalue weighted by molar-refractivity contribution is 0.0527. The quantitative estimate of drug-likeness (QED) is 0.477. The molecule has 1 amide bonds. The molecule has 1 atom stereocenters. The topological polar surface area (TPSA) is 94.0 Å². The number of hydrogen-bond donors (Lipinski definition) is 2. The first kappa shape index (κ1) is 25.3. The number of amides is 1. The van der Waals surface area contributed by atoms with Crippen molar-refractivity contribution in [2.24, 2.45) is 5.92 Å². The largest absolute Gasteiger partial charge is 0.444 e. The number of aromatic nitrogens is 4.